The molecular formula is C22H22N4O3. The summed E-state index contributed by atoms with van der Waals surface area (Å²) in [6, 6.07) is 12.5. The van der Waals surface area contributed by atoms with Gasteiger partial charge in [0.25, 0.3) is 5.91 Å². The standard InChI is InChI=1S/C22H22N4O3/c1-14(2)20-7-6-16(11-25-20)22(28)26-18-5-3-4-15(8-18)13-29-19-9-17(21(23)27)10-24-12-19/h3-12,14H,13H2,1-2H3,(H2,23,27)(H,26,28). The maximum atomic E-state index is 12.5. The molecule has 0 atom stereocenters. The van der Waals surface area contributed by atoms with E-state index in [2.05, 4.69) is 29.1 Å². The average molecular weight is 390 g/mol. The lowest BCUT2D eigenvalue weighted by atomic mass is 10.1. The molecule has 3 N–H and O–H groups in total. The molecule has 0 aliphatic rings. The van der Waals surface area contributed by atoms with Crippen molar-refractivity contribution < 1.29 is 14.3 Å². The summed E-state index contributed by atoms with van der Waals surface area (Å²) in [7, 11) is 0. The number of amides is 2. The molecule has 3 aromatic rings. The van der Waals surface area contributed by atoms with Crippen molar-refractivity contribution >= 4 is 17.5 Å². The zero-order valence-electron chi connectivity index (χ0n) is 16.3. The number of anilines is 1. The van der Waals surface area contributed by atoms with Gasteiger partial charge in [0.2, 0.25) is 5.91 Å². The number of nitrogens with zero attached hydrogens (tertiary/aromatic N) is 2. The van der Waals surface area contributed by atoms with Gasteiger partial charge in [0.05, 0.1) is 17.3 Å². The van der Waals surface area contributed by atoms with Crippen LogP contribution in [0.2, 0.25) is 0 Å². The molecule has 0 unspecified atom stereocenters. The van der Waals surface area contributed by atoms with Gasteiger partial charge in [-0.15, -0.1) is 0 Å². The molecule has 0 spiro atoms. The second kappa shape index (κ2) is 8.97. The fourth-order valence-electron chi connectivity index (χ4n) is 2.62. The molecule has 0 aliphatic heterocycles. The molecule has 0 aliphatic carbocycles. The smallest absolute Gasteiger partial charge is 0.257 e. The predicted molar refractivity (Wildman–Crippen MR) is 110 cm³/mol. The van der Waals surface area contributed by atoms with Crippen LogP contribution in [-0.4, -0.2) is 21.8 Å². The van der Waals surface area contributed by atoms with E-state index in [0.29, 0.717) is 22.9 Å². The van der Waals surface area contributed by atoms with Gasteiger partial charge in [0.1, 0.15) is 12.4 Å². The van der Waals surface area contributed by atoms with Crippen molar-refractivity contribution in [1.29, 1.82) is 0 Å². The van der Waals surface area contributed by atoms with E-state index in [1.165, 1.54) is 18.5 Å². The summed E-state index contributed by atoms with van der Waals surface area (Å²) in [5, 5.41) is 2.86. The number of nitrogens with one attached hydrogen (secondary N) is 1. The monoisotopic (exact) mass is 390 g/mol. The van der Waals surface area contributed by atoms with Gasteiger partial charge in [0, 0.05) is 23.8 Å². The van der Waals surface area contributed by atoms with Crippen LogP contribution >= 0.6 is 0 Å². The second-order valence-corrected chi connectivity index (χ2v) is 6.84. The highest BCUT2D eigenvalue weighted by molar-refractivity contribution is 6.04. The van der Waals surface area contributed by atoms with Crippen molar-refractivity contribution in [2.75, 3.05) is 5.32 Å². The molecule has 0 saturated carbocycles. The molecule has 3 rings (SSSR count). The van der Waals surface area contributed by atoms with Crippen LogP contribution in [0.25, 0.3) is 0 Å². The summed E-state index contributed by atoms with van der Waals surface area (Å²) in [6.07, 6.45) is 4.47. The van der Waals surface area contributed by atoms with Crippen LogP contribution in [0.15, 0.2) is 61.1 Å². The van der Waals surface area contributed by atoms with E-state index >= 15 is 0 Å². The first-order valence-corrected chi connectivity index (χ1v) is 9.16. The van der Waals surface area contributed by atoms with Gasteiger partial charge >= 0.3 is 0 Å². The minimum Gasteiger partial charge on any atom is -0.487 e. The maximum absolute atomic E-state index is 12.5. The molecule has 7 heteroatoms. The van der Waals surface area contributed by atoms with Gasteiger partial charge in [-0.1, -0.05) is 26.0 Å². The van der Waals surface area contributed by atoms with Crippen LogP contribution < -0.4 is 15.8 Å². The maximum Gasteiger partial charge on any atom is 0.257 e. The van der Waals surface area contributed by atoms with Crippen molar-refractivity contribution in [3.63, 3.8) is 0 Å². The Morgan fingerprint density at radius 1 is 1.07 bits per heavy atom. The largest absolute Gasteiger partial charge is 0.487 e. The lowest BCUT2D eigenvalue weighted by molar-refractivity contribution is 0.0996. The van der Waals surface area contributed by atoms with E-state index in [1.807, 2.05) is 24.3 Å². The Balaban J connectivity index is 1.64. The van der Waals surface area contributed by atoms with Gasteiger partial charge < -0.3 is 15.8 Å². The van der Waals surface area contributed by atoms with E-state index in [1.54, 1.807) is 18.3 Å². The van der Waals surface area contributed by atoms with E-state index in [0.717, 1.165) is 11.3 Å². The number of ether oxygens (including phenoxy) is 1. The quantitative estimate of drug-likeness (QED) is 0.642. The van der Waals surface area contributed by atoms with E-state index in [-0.39, 0.29) is 18.1 Å². The minimum atomic E-state index is -0.566. The Hall–Kier alpha value is -3.74. The Morgan fingerprint density at radius 3 is 2.59 bits per heavy atom. The molecule has 0 saturated heterocycles. The molecule has 7 nitrogen and oxygen atoms in total. The number of carbonyl (C=O) groups is 2. The molecular weight excluding hydrogens is 368 g/mol. The number of carbonyl (C=O) groups excluding carboxylic acids is 2. The third-order valence-corrected chi connectivity index (χ3v) is 4.23. The lowest BCUT2D eigenvalue weighted by Crippen LogP contribution is -2.13. The van der Waals surface area contributed by atoms with Crippen LogP contribution in [0.1, 0.15) is 51.7 Å². The van der Waals surface area contributed by atoms with Crippen LogP contribution in [0, 0.1) is 0 Å². The number of benzene rings is 1. The zero-order chi connectivity index (χ0) is 20.8. The lowest BCUT2D eigenvalue weighted by Gasteiger charge is -2.10. The Labute approximate surface area is 169 Å². The summed E-state index contributed by atoms with van der Waals surface area (Å²) in [6.45, 7) is 4.35. The van der Waals surface area contributed by atoms with Gasteiger partial charge in [0.15, 0.2) is 0 Å². The SMILES string of the molecule is CC(C)c1ccc(C(=O)Nc2cccc(COc3cncc(C(N)=O)c3)c2)cn1. The summed E-state index contributed by atoms with van der Waals surface area (Å²) in [5.74, 6) is -0.0532. The zero-order valence-corrected chi connectivity index (χ0v) is 16.3. The summed E-state index contributed by atoms with van der Waals surface area (Å²) in [4.78, 5) is 31.9. The molecule has 29 heavy (non-hydrogen) atoms. The Morgan fingerprint density at radius 2 is 1.90 bits per heavy atom. The van der Waals surface area contributed by atoms with Crippen LogP contribution in [0.3, 0.4) is 0 Å². The number of aromatic nitrogens is 2. The third kappa shape index (κ3) is 5.38. The van der Waals surface area contributed by atoms with Gasteiger partial charge in [-0.2, -0.15) is 0 Å². The fourth-order valence-corrected chi connectivity index (χ4v) is 2.62. The number of hydrogen-bond acceptors (Lipinski definition) is 5. The molecule has 148 valence electrons. The van der Waals surface area contributed by atoms with Crippen LogP contribution in [0.5, 0.6) is 5.75 Å². The number of nitrogens with two attached hydrogens (primary N) is 1. The summed E-state index contributed by atoms with van der Waals surface area (Å²) < 4.78 is 5.67. The summed E-state index contributed by atoms with van der Waals surface area (Å²) in [5.41, 5.74) is 8.45. The molecule has 2 heterocycles. The van der Waals surface area contributed by atoms with E-state index in [4.69, 9.17) is 10.5 Å². The van der Waals surface area contributed by atoms with Gasteiger partial charge in [-0.3, -0.25) is 19.6 Å². The van der Waals surface area contributed by atoms with Crippen molar-refractivity contribution in [2.24, 2.45) is 5.73 Å². The van der Waals surface area contributed by atoms with Crippen LogP contribution in [0.4, 0.5) is 5.69 Å². The topological polar surface area (TPSA) is 107 Å². The summed E-state index contributed by atoms with van der Waals surface area (Å²) >= 11 is 0. The third-order valence-electron chi connectivity index (χ3n) is 4.23. The molecule has 0 radical (unpaired) electrons. The Bertz CT molecular complexity index is 1020. The number of hydrogen-bond donors (Lipinski definition) is 2. The highest BCUT2D eigenvalue weighted by Gasteiger charge is 2.09. The Kier molecular flexibility index (Phi) is 6.19. The van der Waals surface area contributed by atoms with E-state index < -0.39 is 5.91 Å². The number of primary amides is 1. The molecule has 2 amide bonds. The molecule has 0 fully saturated rings. The highest BCUT2D eigenvalue weighted by atomic mass is 16.5. The first-order chi connectivity index (χ1) is 13.9. The predicted octanol–water partition coefficient (Wildman–Crippen LogP) is 3.53. The molecule has 1 aromatic carbocycles. The number of pyridine rings is 2. The van der Waals surface area contributed by atoms with Gasteiger partial charge in [-0.25, -0.2) is 0 Å². The van der Waals surface area contributed by atoms with E-state index in [9.17, 15) is 9.59 Å². The molecule has 0 bridgehead atoms. The molecule has 2 aromatic heterocycles. The van der Waals surface area contributed by atoms with Crippen LogP contribution in [-0.2, 0) is 6.61 Å². The van der Waals surface area contributed by atoms with Crippen molar-refractivity contribution in [2.45, 2.75) is 26.4 Å². The highest BCUT2D eigenvalue weighted by Crippen LogP contribution is 2.17. The van der Waals surface area contributed by atoms with Crippen molar-refractivity contribution in [1.82, 2.24) is 9.97 Å². The fraction of sp³-hybridized carbons (Fsp3) is 0.182. The van der Waals surface area contributed by atoms with Crippen molar-refractivity contribution in [3.05, 3.63) is 83.4 Å². The number of rotatable bonds is 7. The van der Waals surface area contributed by atoms with Crippen molar-refractivity contribution in [3.8, 4) is 5.75 Å². The first-order valence-electron chi connectivity index (χ1n) is 9.16. The minimum absolute atomic E-state index is 0.232. The normalized spacial score (nSPS) is 10.6. The average Bonchev–Trinajstić information content (AvgIpc) is 2.73. The van der Waals surface area contributed by atoms with Gasteiger partial charge in [-0.05, 0) is 41.8 Å². The second-order valence-electron chi connectivity index (χ2n) is 6.84. The first kappa shape index (κ1) is 20.0.